The maximum absolute atomic E-state index is 12.8. The van der Waals surface area contributed by atoms with Crippen LogP contribution in [0.1, 0.15) is 85.5 Å². The van der Waals surface area contributed by atoms with Gasteiger partial charge in [-0.1, -0.05) is 53.4 Å². The second-order valence-corrected chi connectivity index (χ2v) is 8.67. The Balaban J connectivity index is 2.04. The second-order valence-electron chi connectivity index (χ2n) is 8.67. The highest BCUT2D eigenvalue weighted by Crippen LogP contribution is 2.45. The quantitative estimate of drug-likeness (QED) is 0.482. The molecule has 0 bridgehead atoms. The second kappa shape index (κ2) is 8.44. The van der Waals surface area contributed by atoms with Crippen molar-refractivity contribution < 1.29 is 9.59 Å². The summed E-state index contributed by atoms with van der Waals surface area (Å²) in [7, 11) is 0. The third-order valence-corrected chi connectivity index (χ3v) is 6.39. The van der Waals surface area contributed by atoms with Crippen LogP contribution in [0, 0.1) is 35.5 Å². The van der Waals surface area contributed by atoms with Crippen molar-refractivity contribution in [1.29, 1.82) is 0 Å². The first-order chi connectivity index (χ1) is 10.9. The van der Waals surface area contributed by atoms with Crippen molar-refractivity contribution in [3.05, 3.63) is 0 Å². The molecule has 0 amide bonds. The number of carbonyl (C=O) groups is 2. The minimum atomic E-state index is -0.271. The fourth-order valence-electron chi connectivity index (χ4n) is 5.10. The van der Waals surface area contributed by atoms with Crippen LogP contribution in [-0.2, 0) is 9.59 Å². The van der Waals surface area contributed by atoms with E-state index in [4.69, 9.17) is 0 Å². The lowest BCUT2D eigenvalue weighted by atomic mass is 9.61. The molecule has 2 rings (SSSR count). The molecule has 0 aromatic rings. The molecule has 0 radical (unpaired) electrons. The summed E-state index contributed by atoms with van der Waals surface area (Å²) in [6.07, 6.45) is 9.51. The first-order valence-electron chi connectivity index (χ1n) is 9.99. The largest absolute Gasteiger partial charge is 0.299 e. The summed E-state index contributed by atoms with van der Waals surface area (Å²) in [4.78, 5) is 25.6. The molecule has 0 aromatic heterocycles. The normalized spacial score (nSPS) is 35.8. The molecule has 0 heterocycles. The summed E-state index contributed by atoms with van der Waals surface area (Å²) < 4.78 is 0. The molecule has 0 N–H and O–H groups in total. The van der Waals surface area contributed by atoms with E-state index in [-0.39, 0.29) is 17.5 Å². The Kier molecular flexibility index (Phi) is 6.85. The number of hydrogen-bond acceptors (Lipinski definition) is 2. The molecule has 0 aliphatic heterocycles. The third-order valence-electron chi connectivity index (χ3n) is 6.39. The molecule has 0 spiro atoms. The molecule has 132 valence electrons. The van der Waals surface area contributed by atoms with E-state index < -0.39 is 0 Å². The smallest absolute Gasteiger partial charge is 0.143 e. The zero-order chi connectivity index (χ0) is 17.0. The predicted octanol–water partition coefficient (Wildman–Crippen LogP) is 5.44. The Hall–Kier alpha value is -0.660. The van der Waals surface area contributed by atoms with Gasteiger partial charge in [0.05, 0.1) is 5.92 Å². The van der Waals surface area contributed by atoms with Crippen molar-refractivity contribution >= 4 is 11.6 Å². The van der Waals surface area contributed by atoms with Gasteiger partial charge < -0.3 is 0 Å². The zero-order valence-electron chi connectivity index (χ0n) is 15.6. The van der Waals surface area contributed by atoms with E-state index in [1.165, 1.54) is 32.1 Å². The minimum Gasteiger partial charge on any atom is -0.299 e. The van der Waals surface area contributed by atoms with Crippen molar-refractivity contribution in [2.24, 2.45) is 35.5 Å². The van der Waals surface area contributed by atoms with E-state index in [2.05, 4.69) is 27.7 Å². The van der Waals surface area contributed by atoms with Crippen LogP contribution in [0.5, 0.6) is 0 Å². The van der Waals surface area contributed by atoms with Crippen LogP contribution < -0.4 is 0 Å². The van der Waals surface area contributed by atoms with Crippen molar-refractivity contribution in [1.82, 2.24) is 0 Å². The van der Waals surface area contributed by atoms with Gasteiger partial charge in [-0.05, 0) is 48.9 Å². The van der Waals surface area contributed by atoms with Gasteiger partial charge in [0, 0.05) is 12.8 Å². The van der Waals surface area contributed by atoms with Gasteiger partial charge in [-0.25, -0.2) is 0 Å². The molecule has 0 saturated heterocycles. The lowest BCUT2D eigenvalue weighted by molar-refractivity contribution is -0.142. The predicted molar refractivity (Wildman–Crippen MR) is 95.2 cm³/mol. The van der Waals surface area contributed by atoms with Gasteiger partial charge in [-0.2, -0.15) is 0 Å². The summed E-state index contributed by atoms with van der Waals surface area (Å²) >= 11 is 0. The van der Waals surface area contributed by atoms with Gasteiger partial charge in [-0.3, -0.25) is 9.59 Å². The monoisotopic (exact) mass is 320 g/mol. The molecular weight excluding hydrogens is 284 g/mol. The molecule has 23 heavy (non-hydrogen) atoms. The van der Waals surface area contributed by atoms with Crippen molar-refractivity contribution in [3.8, 4) is 0 Å². The number of carbonyl (C=O) groups excluding carboxylic acids is 2. The van der Waals surface area contributed by atoms with E-state index in [0.717, 1.165) is 12.8 Å². The number of rotatable bonds is 6. The average molecular weight is 321 g/mol. The summed E-state index contributed by atoms with van der Waals surface area (Å²) in [6.45, 7) is 9.01. The van der Waals surface area contributed by atoms with Crippen molar-refractivity contribution in [2.45, 2.75) is 85.5 Å². The molecule has 0 aromatic carbocycles. The molecule has 2 nitrogen and oxygen atoms in total. The van der Waals surface area contributed by atoms with Crippen LogP contribution in [0.3, 0.4) is 0 Å². The Morgan fingerprint density at radius 1 is 1.04 bits per heavy atom. The fraction of sp³-hybridized carbons (Fsp3) is 0.905. The first-order valence-corrected chi connectivity index (χ1v) is 9.99. The molecular formula is C21H36O2. The Labute approximate surface area is 142 Å². The summed E-state index contributed by atoms with van der Waals surface area (Å²) in [5.74, 6) is 2.72. The van der Waals surface area contributed by atoms with E-state index in [9.17, 15) is 9.59 Å². The highest BCUT2D eigenvalue weighted by Gasteiger charge is 2.45. The molecule has 2 aliphatic rings. The van der Waals surface area contributed by atoms with Gasteiger partial charge in [0.1, 0.15) is 11.6 Å². The highest BCUT2D eigenvalue weighted by molar-refractivity contribution is 6.05. The maximum atomic E-state index is 12.8. The Morgan fingerprint density at radius 2 is 1.70 bits per heavy atom. The number of hydrogen-bond donors (Lipinski definition) is 0. The average Bonchev–Trinajstić information content (AvgIpc) is 2.46. The lowest BCUT2D eigenvalue weighted by Crippen LogP contribution is -2.44. The standard InChI is InChI=1S/C21H36O2/c1-5-6-7-8-16-12-19(22)21(20(23)13-16)18-11-15(4)9-10-17(18)14(2)3/h14-18,21H,5-13H2,1-4H3/t15?,16?,17-,18+,21?/m0/s1. The topological polar surface area (TPSA) is 34.1 Å². The zero-order valence-corrected chi connectivity index (χ0v) is 15.6. The molecule has 2 aliphatic carbocycles. The molecule has 2 fully saturated rings. The number of Topliss-reactive ketones (excluding diaryl/α,β-unsaturated/α-hetero) is 2. The van der Waals surface area contributed by atoms with Crippen LogP contribution in [0.2, 0.25) is 0 Å². The van der Waals surface area contributed by atoms with E-state index >= 15 is 0 Å². The van der Waals surface area contributed by atoms with Crippen LogP contribution >= 0.6 is 0 Å². The highest BCUT2D eigenvalue weighted by atomic mass is 16.2. The van der Waals surface area contributed by atoms with Gasteiger partial charge in [0.2, 0.25) is 0 Å². The molecule has 3 atom stereocenters. The van der Waals surface area contributed by atoms with E-state index in [0.29, 0.717) is 42.4 Å². The SMILES string of the molecule is CCCCCC1CC(=O)C([C@@H]2CC(C)CC[C@H]2C(C)C)C(=O)C1. The van der Waals surface area contributed by atoms with Crippen LogP contribution in [0.25, 0.3) is 0 Å². The van der Waals surface area contributed by atoms with Gasteiger partial charge in [0.25, 0.3) is 0 Å². The fourth-order valence-corrected chi connectivity index (χ4v) is 5.10. The molecule has 1 unspecified atom stereocenters. The minimum absolute atomic E-state index is 0.271. The van der Waals surface area contributed by atoms with Gasteiger partial charge >= 0.3 is 0 Å². The Morgan fingerprint density at radius 3 is 2.26 bits per heavy atom. The summed E-state index contributed by atoms with van der Waals surface area (Å²) in [6, 6.07) is 0. The number of unbranched alkanes of at least 4 members (excludes halogenated alkanes) is 2. The van der Waals surface area contributed by atoms with Gasteiger partial charge in [0.15, 0.2) is 0 Å². The maximum Gasteiger partial charge on any atom is 0.143 e. The van der Waals surface area contributed by atoms with E-state index in [1.54, 1.807) is 0 Å². The Bertz CT molecular complexity index is 394. The van der Waals surface area contributed by atoms with Crippen molar-refractivity contribution in [3.63, 3.8) is 0 Å². The summed E-state index contributed by atoms with van der Waals surface area (Å²) in [5, 5.41) is 0. The first kappa shape index (κ1) is 18.7. The van der Waals surface area contributed by atoms with Crippen LogP contribution in [0.4, 0.5) is 0 Å². The number of ketones is 2. The summed E-state index contributed by atoms with van der Waals surface area (Å²) in [5.41, 5.74) is 0. The molecule has 2 saturated carbocycles. The van der Waals surface area contributed by atoms with Crippen LogP contribution in [-0.4, -0.2) is 11.6 Å². The van der Waals surface area contributed by atoms with Crippen LogP contribution in [0.15, 0.2) is 0 Å². The van der Waals surface area contributed by atoms with Gasteiger partial charge in [-0.15, -0.1) is 0 Å². The molecule has 2 heteroatoms. The van der Waals surface area contributed by atoms with E-state index in [1.807, 2.05) is 0 Å². The lowest BCUT2D eigenvalue weighted by Gasteiger charge is -2.42. The third kappa shape index (κ3) is 4.67. The van der Waals surface area contributed by atoms with Crippen molar-refractivity contribution in [2.75, 3.05) is 0 Å².